The van der Waals surface area contributed by atoms with Crippen molar-refractivity contribution in [3.63, 3.8) is 0 Å². The summed E-state index contributed by atoms with van der Waals surface area (Å²) >= 11 is 0. The Bertz CT molecular complexity index is 589. The first-order chi connectivity index (χ1) is 9.84. The van der Waals surface area contributed by atoms with Crippen LogP contribution in [0, 0.1) is 0 Å². The number of carbonyl (C=O) groups is 1. The van der Waals surface area contributed by atoms with E-state index in [0.29, 0.717) is 0 Å². The topological polar surface area (TPSA) is 29.5 Å². The van der Waals surface area contributed by atoms with E-state index in [9.17, 15) is 4.79 Å². The number of ketones is 1. The monoisotopic (exact) mass is 267 g/mol. The van der Waals surface area contributed by atoms with E-state index >= 15 is 0 Å². The molecule has 3 nitrogen and oxygen atoms in total. The molecule has 3 heteroatoms. The molecular formula is C17H17NO2. The minimum Gasteiger partial charge on any atom is -0.378 e. The second-order valence-electron chi connectivity index (χ2n) is 4.84. The predicted molar refractivity (Wildman–Crippen MR) is 79.3 cm³/mol. The van der Waals surface area contributed by atoms with Crippen molar-refractivity contribution in [3.05, 3.63) is 65.7 Å². The van der Waals surface area contributed by atoms with E-state index in [-0.39, 0.29) is 5.78 Å². The molecule has 102 valence electrons. The van der Waals surface area contributed by atoms with Crippen LogP contribution < -0.4 is 4.90 Å². The van der Waals surface area contributed by atoms with Crippen LogP contribution in [-0.4, -0.2) is 32.1 Å². The summed E-state index contributed by atoms with van der Waals surface area (Å²) in [6.45, 7) is 3.25. The lowest BCUT2D eigenvalue weighted by Crippen LogP contribution is -2.36. The van der Waals surface area contributed by atoms with Gasteiger partial charge in [-0.3, -0.25) is 4.79 Å². The minimum absolute atomic E-state index is 0.0701. The zero-order valence-corrected chi connectivity index (χ0v) is 11.3. The molecule has 0 saturated carbocycles. The van der Waals surface area contributed by atoms with Crippen LogP contribution in [0.1, 0.15) is 15.9 Å². The lowest BCUT2D eigenvalue weighted by Gasteiger charge is -2.29. The number of anilines is 1. The van der Waals surface area contributed by atoms with E-state index in [1.807, 2.05) is 54.6 Å². The number of hydrogen-bond acceptors (Lipinski definition) is 3. The fourth-order valence-corrected chi connectivity index (χ4v) is 2.42. The molecule has 1 heterocycles. The Balaban J connectivity index is 1.85. The van der Waals surface area contributed by atoms with Crippen LogP contribution in [-0.2, 0) is 4.74 Å². The van der Waals surface area contributed by atoms with Crippen LogP contribution in [0.2, 0.25) is 0 Å². The van der Waals surface area contributed by atoms with E-state index in [0.717, 1.165) is 43.1 Å². The maximum absolute atomic E-state index is 12.4. The summed E-state index contributed by atoms with van der Waals surface area (Å²) in [5, 5.41) is 0. The van der Waals surface area contributed by atoms with Gasteiger partial charge in [-0.2, -0.15) is 0 Å². The van der Waals surface area contributed by atoms with E-state index < -0.39 is 0 Å². The molecule has 1 aliphatic heterocycles. The summed E-state index contributed by atoms with van der Waals surface area (Å²) in [5.41, 5.74) is 2.56. The highest BCUT2D eigenvalue weighted by atomic mass is 16.5. The molecule has 0 N–H and O–H groups in total. The molecule has 2 aromatic rings. The van der Waals surface area contributed by atoms with Gasteiger partial charge in [0.15, 0.2) is 5.78 Å². The molecule has 1 saturated heterocycles. The Hall–Kier alpha value is -2.13. The van der Waals surface area contributed by atoms with Gasteiger partial charge in [0.25, 0.3) is 0 Å². The number of carbonyl (C=O) groups excluding carboxylic acids is 1. The predicted octanol–water partition coefficient (Wildman–Crippen LogP) is 2.75. The van der Waals surface area contributed by atoms with E-state index in [4.69, 9.17) is 4.74 Å². The Labute approximate surface area is 118 Å². The summed E-state index contributed by atoms with van der Waals surface area (Å²) < 4.78 is 5.36. The molecule has 20 heavy (non-hydrogen) atoms. The van der Waals surface area contributed by atoms with Gasteiger partial charge in [0.05, 0.1) is 13.2 Å². The third-order valence-electron chi connectivity index (χ3n) is 3.52. The van der Waals surface area contributed by atoms with Crippen molar-refractivity contribution in [3.8, 4) is 0 Å². The van der Waals surface area contributed by atoms with Crippen LogP contribution >= 0.6 is 0 Å². The first-order valence-electron chi connectivity index (χ1n) is 6.87. The fraction of sp³-hybridized carbons (Fsp3) is 0.235. The molecule has 0 amide bonds. The van der Waals surface area contributed by atoms with Crippen molar-refractivity contribution in [2.75, 3.05) is 31.2 Å². The molecule has 0 aromatic heterocycles. The highest BCUT2D eigenvalue weighted by Crippen LogP contribution is 2.19. The van der Waals surface area contributed by atoms with Gasteiger partial charge in [0.1, 0.15) is 0 Å². The first kappa shape index (κ1) is 12.9. The number of morpholine rings is 1. The Morgan fingerprint density at radius 2 is 1.60 bits per heavy atom. The Morgan fingerprint density at radius 3 is 2.35 bits per heavy atom. The molecule has 0 unspecified atom stereocenters. The van der Waals surface area contributed by atoms with E-state index in [2.05, 4.69) is 4.90 Å². The zero-order valence-electron chi connectivity index (χ0n) is 11.3. The first-order valence-corrected chi connectivity index (χ1v) is 6.87. The van der Waals surface area contributed by atoms with Crippen molar-refractivity contribution in [1.82, 2.24) is 0 Å². The summed E-state index contributed by atoms with van der Waals surface area (Å²) in [4.78, 5) is 14.7. The van der Waals surface area contributed by atoms with Crippen molar-refractivity contribution in [2.24, 2.45) is 0 Å². The molecule has 1 aliphatic rings. The number of nitrogens with zero attached hydrogens (tertiary/aromatic N) is 1. The van der Waals surface area contributed by atoms with Gasteiger partial charge >= 0.3 is 0 Å². The van der Waals surface area contributed by atoms with E-state index in [1.165, 1.54) is 0 Å². The van der Waals surface area contributed by atoms with Gasteiger partial charge in [-0.25, -0.2) is 0 Å². The standard InChI is InChI=1S/C17H17NO2/c19-17(14-5-2-1-3-6-14)15-7-4-8-16(13-15)18-9-11-20-12-10-18/h1-8,13H,9-12H2. The van der Waals surface area contributed by atoms with Gasteiger partial charge in [-0.15, -0.1) is 0 Å². The molecule has 0 atom stereocenters. The maximum atomic E-state index is 12.4. The van der Waals surface area contributed by atoms with Gasteiger partial charge in [-0.05, 0) is 12.1 Å². The molecule has 0 radical (unpaired) electrons. The highest BCUT2D eigenvalue weighted by Gasteiger charge is 2.14. The van der Waals surface area contributed by atoms with Crippen molar-refractivity contribution in [2.45, 2.75) is 0 Å². The molecule has 0 bridgehead atoms. The Morgan fingerprint density at radius 1 is 0.900 bits per heavy atom. The quantitative estimate of drug-likeness (QED) is 0.801. The number of hydrogen-bond donors (Lipinski definition) is 0. The third kappa shape index (κ3) is 2.73. The van der Waals surface area contributed by atoms with E-state index in [1.54, 1.807) is 0 Å². The summed E-state index contributed by atoms with van der Waals surface area (Å²) in [7, 11) is 0. The van der Waals surface area contributed by atoms with Crippen LogP contribution in [0.3, 0.4) is 0 Å². The largest absolute Gasteiger partial charge is 0.378 e. The lowest BCUT2D eigenvalue weighted by molar-refractivity contribution is 0.103. The third-order valence-corrected chi connectivity index (χ3v) is 3.52. The number of ether oxygens (including phenoxy) is 1. The smallest absolute Gasteiger partial charge is 0.193 e. The SMILES string of the molecule is O=C(c1ccccc1)c1cccc(N2CCOCC2)c1. The van der Waals surface area contributed by atoms with Crippen molar-refractivity contribution >= 4 is 11.5 Å². The molecule has 2 aromatic carbocycles. The van der Waals surface area contributed by atoms with Gasteiger partial charge in [0.2, 0.25) is 0 Å². The molecule has 0 aliphatic carbocycles. The average molecular weight is 267 g/mol. The minimum atomic E-state index is 0.0701. The van der Waals surface area contributed by atoms with Gasteiger partial charge in [-0.1, -0.05) is 42.5 Å². The molecular weight excluding hydrogens is 250 g/mol. The molecule has 0 spiro atoms. The van der Waals surface area contributed by atoms with Crippen LogP contribution in [0.15, 0.2) is 54.6 Å². The van der Waals surface area contributed by atoms with Crippen LogP contribution in [0.5, 0.6) is 0 Å². The molecule has 3 rings (SSSR count). The number of rotatable bonds is 3. The summed E-state index contributed by atoms with van der Waals surface area (Å²) in [6.07, 6.45) is 0. The zero-order chi connectivity index (χ0) is 13.8. The Kier molecular flexibility index (Phi) is 3.79. The fourth-order valence-electron chi connectivity index (χ4n) is 2.42. The van der Waals surface area contributed by atoms with Crippen molar-refractivity contribution in [1.29, 1.82) is 0 Å². The maximum Gasteiger partial charge on any atom is 0.193 e. The van der Waals surface area contributed by atoms with Crippen LogP contribution in [0.25, 0.3) is 0 Å². The lowest BCUT2D eigenvalue weighted by atomic mass is 10.0. The van der Waals surface area contributed by atoms with Crippen molar-refractivity contribution < 1.29 is 9.53 Å². The summed E-state index contributed by atoms with van der Waals surface area (Å²) in [6, 6.07) is 17.2. The second-order valence-corrected chi connectivity index (χ2v) is 4.84. The molecule has 1 fully saturated rings. The normalized spacial score (nSPS) is 15.1. The second kappa shape index (κ2) is 5.88. The number of benzene rings is 2. The van der Waals surface area contributed by atoms with Gasteiger partial charge < -0.3 is 9.64 Å². The van der Waals surface area contributed by atoms with Crippen LogP contribution in [0.4, 0.5) is 5.69 Å². The highest BCUT2D eigenvalue weighted by molar-refractivity contribution is 6.09. The van der Waals surface area contributed by atoms with Gasteiger partial charge in [0, 0.05) is 29.9 Å². The summed E-state index contributed by atoms with van der Waals surface area (Å²) in [5.74, 6) is 0.0701. The average Bonchev–Trinajstić information content (AvgIpc) is 2.56.